The number of hydrogen-bond donors (Lipinski definition) is 1. The van der Waals surface area contributed by atoms with Gasteiger partial charge >= 0.3 is 0 Å². The Kier molecular flexibility index (Phi) is 7.58. The summed E-state index contributed by atoms with van der Waals surface area (Å²) >= 11 is 6.27. The van der Waals surface area contributed by atoms with E-state index in [1.165, 1.54) is 6.07 Å². The van der Waals surface area contributed by atoms with Gasteiger partial charge in [-0.25, -0.2) is 4.39 Å². The van der Waals surface area contributed by atoms with E-state index in [-0.39, 0.29) is 24.3 Å². The molecule has 182 valence electrons. The van der Waals surface area contributed by atoms with E-state index in [9.17, 15) is 14.0 Å². The molecule has 1 aliphatic heterocycles. The molecule has 0 bridgehead atoms. The number of aromatic nitrogens is 1. The molecule has 1 fully saturated rings. The highest BCUT2D eigenvalue weighted by Gasteiger charge is 2.30. The van der Waals surface area contributed by atoms with E-state index in [1.54, 1.807) is 34.8 Å². The number of amides is 2. The monoisotopic (exact) mass is 489 g/mol. The van der Waals surface area contributed by atoms with Crippen molar-refractivity contribution < 1.29 is 23.1 Å². The number of fused-ring (bicyclic) bond motifs is 1. The van der Waals surface area contributed by atoms with Crippen molar-refractivity contribution in [2.75, 3.05) is 33.4 Å². The van der Waals surface area contributed by atoms with Gasteiger partial charge in [0.1, 0.15) is 17.3 Å². The maximum atomic E-state index is 14.5. The van der Waals surface area contributed by atoms with Gasteiger partial charge < -0.3 is 23.9 Å². The highest BCUT2D eigenvalue weighted by atomic mass is 35.5. The number of carbonyl (C=O) groups excluding carboxylic acids is 2. The predicted octanol–water partition coefficient (Wildman–Crippen LogP) is 4.39. The molecule has 7 nitrogen and oxygen atoms in total. The second-order valence-electron chi connectivity index (χ2n) is 8.63. The molecule has 1 aliphatic rings. The molecular formula is C25H29ClFN3O4. The highest BCUT2D eigenvalue weighted by molar-refractivity contribution is 6.31. The maximum Gasteiger partial charge on any atom is 0.270 e. The van der Waals surface area contributed by atoms with E-state index >= 15 is 0 Å². The minimum atomic E-state index is -0.426. The van der Waals surface area contributed by atoms with Crippen LogP contribution in [0.1, 0.15) is 41.1 Å². The average Bonchev–Trinajstić information content (AvgIpc) is 3.35. The van der Waals surface area contributed by atoms with Crippen LogP contribution in [0, 0.1) is 18.7 Å². The average molecular weight is 490 g/mol. The molecule has 1 saturated heterocycles. The van der Waals surface area contributed by atoms with E-state index in [0.717, 1.165) is 6.42 Å². The first-order valence-electron chi connectivity index (χ1n) is 11.5. The van der Waals surface area contributed by atoms with Gasteiger partial charge in [-0.2, -0.15) is 0 Å². The van der Waals surface area contributed by atoms with Crippen molar-refractivity contribution in [1.29, 1.82) is 0 Å². The summed E-state index contributed by atoms with van der Waals surface area (Å²) in [4.78, 5) is 27.6. The largest absolute Gasteiger partial charge is 0.460 e. The van der Waals surface area contributed by atoms with Gasteiger partial charge in [0.05, 0.1) is 12.1 Å². The van der Waals surface area contributed by atoms with Crippen molar-refractivity contribution in [3.63, 3.8) is 0 Å². The molecule has 4 rings (SSSR count). The minimum absolute atomic E-state index is 0.0220. The number of likely N-dealkylation sites (tertiary alicyclic amines) is 1. The Morgan fingerprint density at radius 1 is 1.26 bits per heavy atom. The first kappa shape index (κ1) is 24.3. The number of benzene rings is 1. The second kappa shape index (κ2) is 10.6. The SMILES string of the molecule is COCCCNC(=O)C1CCN(C(=O)c2cc3oc(C)cc3n2Cc2c(F)cccc2Cl)CC1. The van der Waals surface area contributed by atoms with Gasteiger partial charge in [0.15, 0.2) is 5.58 Å². The fourth-order valence-electron chi connectivity index (χ4n) is 4.43. The summed E-state index contributed by atoms with van der Waals surface area (Å²) in [5.41, 5.74) is 2.01. The van der Waals surface area contributed by atoms with Crippen LogP contribution in [-0.4, -0.2) is 54.6 Å². The van der Waals surface area contributed by atoms with E-state index < -0.39 is 5.82 Å². The summed E-state index contributed by atoms with van der Waals surface area (Å²) in [5.74, 6) is 0.0127. The number of piperidine rings is 1. The van der Waals surface area contributed by atoms with E-state index in [2.05, 4.69) is 5.32 Å². The van der Waals surface area contributed by atoms with Crippen LogP contribution in [0.15, 0.2) is 34.7 Å². The number of nitrogens with one attached hydrogen (secondary N) is 1. The van der Waals surface area contributed by atoms with E-state index in [4.69, 9.17) is 20.8 Å². The number of carbonyl (C=O) groups is 2. The van der Waals surface area contributed by atoms with Crippen LogP contribution >= 0.6 is 11.6 Å². The number of nitrogens with zero attached hydrogens (tertiary/aromatic N) is 2. The molecule has 0 radical (unpaired) electrons. The van der Waals surface area contributed by atoms with Crippen molar-refractivity contribution in [3.05, 3.63) is 58.2 Å². The molecule has 0 spiro atoms. The lowest BCUT2D eigenvalue weighted by molar-refractivity contribution is -0.126. The summed E-state index contributed by atoms with van der Waals surface area (Å²) in [5, 5.41) is 3.25. The molecule has 3 heterocycles. The lowest BCUT2D eigenvalue weighted by Gasteiger charge is -2.31. The molecular weight excluding hydrogens is 461 g/mol. The standard InChI is InChI=1S/C25H29ClFN3O4/c1-16-13-21-23(34-16)14-22(30(21)15-18-19(26)5-3-6-20(18)27)25(32)29-10-7-17(8-11-29)24(31)28-9-4-12-33-2/h3,5-6,13-14,17H,4,7-12,15H2,1-2H3,(H,28,31). The third-order valence-electron chi connectivity index (χ3n) is 6.29. The normalized spacial score (nSPS) is 14.6. The topological polar surface area (TPSA) is 76.7 Å². The summed E-state index contributed by atoms with van der Waals surface area (Å²) in [6, 6.07) is 8.08. The Bertz CT molecular complexity index is 1160. The molecule has 0 aliphatic carbocycles. The number of aryl methyl sites for hydroxylation is 1. The lowest BCUT2D eigenvalue weighted by atomic mass is 9.95. The van der Waals surface area contributed by atoms with Gasteiger partial charge in [0.25, 0.3) is 5.91 Å². The fraction of sp³-hybridized carbons (Fsp3) is 0.440. The van der Waals surface area contributed by atoms with Crippen LogP contribution in [0.25, 0.3) is 11.1 Å². The number of halogens is 2. The second-order valence-corrected chi connectivity index (χ2v) is 9.03. The third kappa shape index (κ3) is 5.13. The Hall–Kier alpha value is -2.84. The third-order valence-corrected chi connectivity index (χ3v) is 6.64. The quantitative estimate of drug-likeness (QED) is 0.476. The van der Waals surface area contributed by atoms with Crippen molar-refractivity contribution in [2.45, 2.75) is 32.7 Å². The molecule has 2 amide bonds. The van der Waals surface area contributed by atoms with Gasteiger partial charge in [0.2, 0.25) is 5.91 Å². The van der Waals surface area contributed by atoms with Gasteiger partial charge in [0, 0.05) is 62.0 Å². The van der Waals surface area contributed by atoms with Crippen molar-refractivity contribution >= 4 is 34.5 Å². The summed E-state index contributed by atoms with van der Waals surface area (Å²) in [7, 11) is 1.63. The maximum absolute atomic E-state index is 14.5. The summed E-state index contributed by atoms with van der Waals surface area (Å²) in [6.07, 6.45) is 1.96. The van der Waals surface area contributed by atoms with E-state index in [0.29, 0.717) is 72.2 Å². The van der Waals surface area contributed by atoms with Crippen LogP contribution < -0.4 is 5.32 Å². The fourth-order valence-corrected chi connectivity index (χ4v) is 4.66. The molecule has 0 unspecified atom stereocenters. The van der Waals surface area contributed by atoms with Gasteiger partial charge in [-0.1, -0.05) is 17.7 Å². The molecule has 0 saturated carbocycles. The summed E-state index contributed by atoms with van der Waals surface area (Å²) < 4.78 is 27.0. The van der Waals surface area contributed by atoms with Crippen LogP contribution in [0.4, 0.5) is 4.39 Å². The Balaban J connectivity index is 1.50. The number of hydrogen-bond acceptors (Lipinski definition) is 4. The van der Waals surface area contributed by atoms with E-state index in [1.807, 2.05) is 13.0 Å². The van der Waals surface area contributed by atoms with Gasteiger partial charge in [-0.3, -0.25) is 9.59 Å². The Morgan fingerprint density at radius 2 is 2.03 bits per heavy atom. The lowest BCUT2D eigenvalue weighted by Crippen LogP contribution is -2.43. The van der Waals surface area contributed by atoms with Crippen molar-refractivity contribution in [3.8, 4) is 0 Å². The molecule has 1 N–H and O–H groups in total. The molecule has 34 heavy (non-hydrogen) atoms. The van der Waals surface area contributed by atoms with Crippen LogP contribution in [0.5, 0.6) is 0 Å². The van der Waals surface area contributed by atoms with Gasteiger partial charge in [-0.15, -0.1) is 0 Å². The van der Waals surface area contributed by atoms with Crippen LogP contribution in [0.3, 0.4) is 0 Å². The molecule has 2 aromatic heterocycles. The van der Waals surface area contributed by atoms with Crippen LogP contribution in [-0.2, 0) is 16.1 Å². The predicted molar refractivity (Wildman–Crippen MR) is 128 cm³/mol. The zero-order valence-electron chi connectivity index (χ0n) is 19.4. The number of methoxy groups -OCH3 is 1. The molecule has 9 heteroatoms. The van der Waals surface area contributed by atoms with Gasteiger partial charge in [-0.05, 0) is 38.3 Å². The Morgan fingerprint density at radius 3 is 2.74 bits per heavy atom. The number of furan rings is 1. The zero-order valence-corrected chi connectivity index (χ0v) is 20.2. The summed E-state index contributed by atoms with van der Waals surface area (Å²) in [6.45, 7) is 4.06. The molecule has 0 atom stereocenters. The first-order valence-corrected chi connectivity index (χ1v) is 11.8. The van der Waals surface area contributed by atoms with Crippen LogP contribution in [0.2, 0.25) is 5.02 Å². The molecule has 3 aromatic rings. The van der Waals surface area contributed by atoms with Crippen molar-refractivity contribution in [2.24, 2.45) is 5.92 Å². The molecule has 1 aromatic carbocycles. The number of rotatable bonds is 8. The minimum Gasteiger partial charge on any atom is -0.460 e. The first-order chi connectivity index (χ1) is 16.4. The smallest absolute Gasteiger partial charge is 0.270 e. The highest BCUT2D eigenvalue weighted by Crippen LogP contribution is 2.29. The number of ether oxygens (including phenoxy) is 1. The van der Waals surface area contributed by atoms with Crippen molar-refractivity contribution in [1.82, 2.24) is 14.8 Å². The Labute approximate surface area is 202 Å². The zero-order chi connectivity index (χ0) is 24.2.